The molecule has 138 valence electrons. The number of halogens is 2. The van der Waals surface area contributed by atoms with Crippen molar-refractivity contribution in [1.29, 1.82) is 0 Å². The third-order valence-electron chi connectivity index (χ3n) is 3.96. The summed E-state index contributed by atoms with van der Waals surface area (Å²) in [6.07, 6.45) is 1.32. The lowest BCUT2D eigenvalue weighted by molar-refractivity contribution is 0.0746. The number of hydrogen-bond donors (Lipinski definition) is 1. The molecule has 0 unspecified atom stereocenters. The Morgan fingerprint density at radius 2 is 1.93 bits per heavy atom. The second-order valence-electron chi connectivity index (χ2n) is 5.85. The van der Waals surface area contributed by atoms with E-state index in [-0.39, 0.29) is 16.6 Å². The number of nitrogens with zero attached hydrogens (tertiary/aromatic N) is 3. The molecule has 0 bridgehead atoms. The first-order valence-corrected chi connectivity index (χ1v) is 8.82. The van der Waals surface area contributed by atoms with E-state index in [1.807, 2.05) is 37.3 Å². The first kappa shape index (κ1) is 18.8. The molecule has 0 spiro atoms. The lowest BCUT2D eigenvalue weighted by atomic mass is 10.2. The van der Waals surface area contributed by atoms with E-state index in [2.05, 4.69) is 15.3 Å². The fourth-order valence-electron chi connectivity index (χ4n) is 2.56. The molecule has 27 heavy (non-hydrogen) atoms. The molecule has 1 N–H and O–H groups in total. The predicted octanol–water partition coefficient (Wildman–Crippen LogP) is 4.68. The smallest absolute Gasteiger partial charge is 0.272 e. The van der Waals surface area contributed by atoms with Gasteiger partial charge in [0.25, 0.3) is 5.91 Å². The summed E-state index contributed by atoms with van der Waals surface area (Å²) in [5.41, 5.74) is 1.88. The summed E-state index contributed by atoms with van der Waals surface area (Å²) in [6.45, 7) is 2.96. The maximum Gasteiger partial charge on any atom is 0.272 e. The summed E-state index contributed by atoms with van der Waals surface area (Å²) in [6, 6.07) is 15.6. The second-order valence-corrected chi connectivity index (χ2v) is 6.25. The Hall–Kier alpha value is -2.99. The quantitative estimate of drug-likeness (QED) is 0.670. The van der Waals surface area contributed by atoms with E-state index in [0.29, 0.717) is 24.6 Å². The minimum absolute atomic E-state index is 0.00498. The van der Waals surface area contributed by atoms with Gasteiger partial charge in [-0.15, -0.1) is 0 Å². The van der Waals surface area contributed by atoms with Gasteiger partial charge in [0.05, 0.1) is 5.02 Å². The number of nitrogens with one attached hydrogen (secondary N) is 1. The van der Waals surface area contributed by atoms with E-state index in [1.165, 1.54) is 18.5 Å². The van der Waals surface area contributed by atoms with E-state index < -0.39 is 5.82 Å². The van der Waals surface area contributed by atoms with Crippen LogP contribution in [0.5, 0.6) is 0 Å². The number of benzene rings is 2. The van der Waals surface area contributed by atoms with Gasteiger partial charge in [0, 0.05) is 24.8 Å². The maximum absolute atomic E-state index is 13.3. The first-order valence-electron chi connectivity index (χ1n) is 8.44. The number of amides is 1. The van der Waals surface area contributed by atoms with Crippen molar-refractivity contribution in [2.45, 2.75) is 13.5 Å². The van der Waals surface area contributed by atoms with Crippen molar-refractivity contribution in [2.75, 3.05) is 11.9 Å². The molecule has 1 amide bonds. The summed E-state index contributed by atoms with van der Waals surface area (Å²) in [5, 5.41) is 3.01. The molecule has 5 nitrogen and oxygen atoms in total. The highest BCUT2D eigenvalue weighted by molar-refractivity contribution is 6.31. The minimum atomic E-state index is -0.500. The molecular weight excluding hydrogens is 367 g/mol. The van der Waals surface area contributed by atoms with Gasteiger partial charge in [0.1, 0.15) is 23.7 Å². The Kier molecular flexibility index (Phi) is 5.98. The summed E-state index contributed by atoms with van der Waals surface area (Å²) in [7, 11) is 0. The first-order chi connectivity index (χ1) is 13.1. The van der Waals surface area contributed by atoms with Gasteiger partial charge < -0.3 is 10.2 Å². The Morgan fingerprint density at radius 3 is 2.63 bits per heavy atom. The Bertz CT molecular complexity index is 936. The molecule has 0 aliphatic carbocycles. The molecule has 0 saturated heterocycles. The number of carbonyl (C=O) groups is 1. The second kappa shape index (κ2) is 8.60. The number of carbonyl (C=O) groups excluding carboxylic acids is 1. The third kappa shape index (κ3) is 4.80. The molecule has 0 aliphatic rings. The summed E-state index contributed by atoms with van der Waals surface area (Å²) >= 11 is 5.79. The van der Waals surface area contributed by atoms with Gasteiger partial charge in [-0.25, -0.2) is 14.4 Å². The highest BCUT2D eigenvalue weighted by atomic mass is 35.5. The van der Waals surface area contributed by atoms with Crippen LogP contribution in [0.3, 0.4) is 0 Å². The average Bonchev–Trinajstić information content (AvgIpc) is 2.69. The lowest BCUT2D eigenvalue weighted by Gasteiger charge is -2.20. The monoisotopic (exact) mass is 384 g/mol. The molecule has 1 aromatic heterocycles. The van der Waals surface area contributed by atoms with E-state index in [0.717, 1.165) is 5.56 Å². The van der Waals surface area contributed by atoms with Crippen LogP contribution in [0.2, 0.25) is 5.02 Å². The summed E-state index contributed by atoms with van der Waals surface area (Å²) in [4.78, 5) is 22.7. The third-order valence-corrected chi connectivity index (χ3v) is 4.25. The van der Waals surface area contributed by atoms with Gasteiger partial charge in [-0.3, -0.25) is 4.79 Å². The van der Waals surface area contributed by atoms with Crippen LogP contribution in [-0.2, 0) is 6.54 Å². The van der Waals surface area contributed by atoms with Crippen molar-refractivity contribution < 1.29 is 9.18 Å². The Balaban J connectivity index is 1.76. The fraction of sp³-hybridized carbons (Fsp3) is 0.150. The van der Waals surface area contributed by atoms with Gasteiger partial charge in [-0.05, 0) is 30.7 Å². The SMILES string of the molecule is CCN(Cc1ccccc1)C(=O)c1cc(Nc2ccc(F)c(Cl)c2)ncn1. The largest absolute Gasteiger partial charge is 0.340 e. The molecule has 3 rings (SSSR count). The molecule has 2 aromatic carbocycles. The minimum Gasteiger partial charge on any atom is -0.340 e. The van der Waals surface area contributed by atoms with E-state index in [4.69, 9.17) is 11.6 Å². The van der Waals surface area contributed by atoms with Crippen molar-refractivity contribution >= 4 is 29.0 Å². The van der Waals surface area contributed by atoms with Crippen LogP contribution in [-0.4, -0.2) is 27.3 Å². The summed E-state index contributed by atoms with van der Waals surface area (Å²) in [5.74, 6) is -0.268. The van der Waals surface area contributed by atoms with Crippen LogP contribution < -0.4 is 5.32 Å². The van der Waals surface area contributed by atoms with Crippen molar-refractivity contribution in [1.82, 2.24) is 14.9 Å². The van der Waals surface area contributed by atoms with Crippen LogP contribution in [0.15, 0.2) is 60.9 Å². The molecule has 7 heteroatoms. The maximum atomic E-state index is 13.3. The van der Waals surface area contributed by atoms with Crippen LogP contribution in [0, 0.1) is 5.82 Å². The van der Waals surface area contributed by atoms with Gasteiger partial charge in [-0.2, -0.15) is 0 Å². The topological polar surface area (TPSA) is 58.1 Å². The molecule has 1 heterocycles. The summed E-state index contributed by atoms with van der Waals surface area (Å²) < 4.78 is 13.3. The highest BCUT2D eigenvalue weighted by Crippen LogP contribution is 2.22. The Morgan fingerprint density at radius 1 is 1.15 bits per heavy atom. The van der Waals surface area contributed by atoms with Crippen LogP contribution in [0.1, 0.15) is 23.0 Å². The molecule has 0 radical (unpaired) electrons. The van der Waals surface area contributed by atoms with Crippen LogP contribution in [0.25, 0.3) is 0 Å². The van der Waals surface area contributed by atoms with Gasteiger partial charge in [0.2, 0.25) is 0 Å². The van der Waals surface area contributed by atoms with Crippen LogP contribution in [0.4, 0.5) is 15.9 Å². The lowest BCUT2D eigenvalue weighted by Crippen LogP contribution is -2.31. The normalized spacial score (nSPS) is 10.5. The average molecular weight is 385 g/mol. The van der Waals surface area contributed by atoms with Gasteiger partial charge in [0.15, 0.2) is 0 Å². The predicted molar refractivity (Wildman–Crippen MR) is 104 cm³/mol. The van der Waals surface area contributed by atoms with Gasteiger partial charge >= 0.3 is 0 Å². The zero-order valence-electron chi connectivity index (χ0n) is 14.7. The molecule has 0 saturated carbocycles. The molecule has 0 aliphatic heterocycles. The van der Waals surface area contributed by atoms with Crippen molar-refractivity contribution in [3.8, 4) is 0 Å². The number of rotatable bonds is 6. The molecule has 0 fully saturated rings. The molecule has 3 aromatic rings. The zero-order valence-corrected chi connectivity index (χ0v) is 15.4. The zero-order chi connectivity index (χ0) is 19.2. The number of anilines is 2. The Labute approximate surface area is 161 Å². The van der Waals surface area contributed by atoms with Crippen molar-refractivity contribution in [2.24, 2.45) is 0 Å². The highest BCUT2D eigenvalue weighted by Gasteiger charge is 2.17. The van der Waals surface area contributed by atoms with E-state index >= 15 is 0 Å². The van der Waals surface area contributed by atoms with Crippen molar-refractivity contribution in [3.05, 3.63) is 83.0 Å². The van der Waals surface area contributed by atoms with E-state index in [1.54, 1.807) is 17.0 Å². The van der Waals surface area contributed by atoms with Gasteiger partial charge in [-0.1, -0.05) is 41.9 Å². The van der Waals surface area contributed by atoms with E-state index in [9.17, 15) is 9.18 Å². The molecule has 0 atom stereocenters. The fourth-order valence-corrected chi connectivity index (χ4v) is 2.74. The van der Waals surface area contributed by atoms with Crippen molar-refractivity contribution in [3.63, 3.8) is 0 Å². The number of hydrogen-bond acceptors (Lipinski definition) is 4. The molecular formula is C20H18ClFN4O. The number of aromatic nitrogens is 2. The van der Waals surface area contributed by atoms with Crippen LogP contribution >= 0.6 is 11.6 Å². The standard InChI is InChI=1S/C20H18ClFN4O/c1-2-26(12-14-6-4-3-5-7-14)20(27)18-11-19(24-13-23-18)25-15-8-9-17(22)16(21)10-15/h3-11,13H,2,12H2,1H3,(H,23,24,25).